The van der Waals surface area contributed by atoms with Gasteiger partial charge in [0.2, 0.25) is 0 Å². The highest BCUT2D eigenvalue weighted by Crippen LogP contribution is 2.39. The number of nitriles is 1. The molecule has 0 radical (unpaired) electrons. The van der Waals surface area contributed by atoms with Crippen LogP contribution in [-0.2, 0) is 6.54 Å². The van der Waals surface area contributed by atoms with Crippen LogP contribution in [0.4, 0.5) is 0 Å². The molecule has 0 saturated heterocycles. The van der Waals surface area contributed by atoms with Crippen LogP contribution in [0.25, 0.3) is 0 Å². The summed E-state index contributed by atoms with van der Waals surface area (Å²) in [5, 5.41) is 13.0. The number of benzene rings is 1. The number of nitrogens with zero attached hydrogens (tertiary/aromatic N) is 1. The summed E-state index contributed by atoms with van der Waals surface area (Å²) >= 11 is 0. The van der Waals surface area contributed by atoms with Crippen molar-refractivity contribution in [2.75, 3.05) is 0 Å². The summed E-state index contributed by atoms with van der Waals surface area (Å²) in [5.74, 6) is 0. The quantitative estimate of drug-likeness (QED) is 0.878. The molecule has 1 N–H and O–H groups in total. The Morgan fingerprint density at radius 2 is 1.72 bits per heavy atom. The molecule has 0 heterocycles. The van der Waals surface area contributed by atoms with Crippen molar-refractivity contribution in [3.05, 3.63) is 35.9 Å². The number of hydrogen-bond acceptors (Lipinski definition) is 2. The van der Waals surface area contributed by atoms with Crippen molar-refractivity contribution in [3.63, 3.8) is 0 Å². The van der Waals surface area contributed by atoms with Crippen LogP contribution in [0.5, 0.6) is 0 Å². The van der Waals surface area contributed by atoms with Crippen LogP contribution in [0.3, 0.4) is 0 Å². The molecule has 0 bridgehead atoms. The van der Waals surface area contributed by atoms with Gasteiger partial charge in [-0.05, 0) is 36.7 Å². The van der Waals surface area contributed by atoms with E-state index in [2.05, 4.69) is 37.4 Å². The fourth-order valence-corrected chi connectivity index (χ4v) is 2.55. The maximum absolute atomic E-state index is 9.48. The monoisotopic (exact) mass is 242 g/mol. The van der Waals surface area contributed by atoms with Crippen molar-refractivity contribution in [2.45, 2.75) is 51.6 Å². The highest BCUT2D eigenvalue weighted by Gasteiger charge is 2.37. The van der Waals surface area contributed by atoms with Gasteiger partial charge < -0.3 is 0 Å². The predicted molar refractivity (Wildman–Crippen MR) is 73.9 cm³/mol. The lowest BCUT2D eigenvalue weighted by atomic mass is 9.70. The van der Waals surface area contributed by atoms with E-state index in [9.17, 15) is 5.26 Å². The minimum Gasteiger partial charge on any atom is -0.295 e. The molecule has 0 spiro atoms. The molecule has 1 aliphatic rings. The molecule has 2 rings (SSSR count). The van der Waals surface area contributed by atoms with Crippen LogP contribution in [0.2, 0.25) is 0 Å². The Hall–Kier alpha value is -1.33. The zero-order valence-electron chi connectivity index (χ0n) is 11.4. The van der Waals surface area contributed by atoms with Crippen LogP contribution in [0.1, 0.15) is 45.1 Å². The molecule has 0 aliphatic heterocycles. The minimum absolute atomic E-state index is 0.314. The van der Waals surface area contributed by atoms with E-state index in [0.29, 0.717) is 5.41 Å². The van der Waals surface area contributed by atoms with Crippen molar-refractivity contribution >= 4 is 0 Å². The third-order valence-electron chi connectivity index (χ3n) is 4.14. The average Bonchev–Trinajstić information content (AvgIpc) is 2.40. The molecule has 2 heteroatoms. The standard InChI is InChI=1S/C16H22N2/c1-15(2)8-10-16(13-17,11-9-15)18-12-14-6-4-3-5-7-14/h3-7,18H,8-12H2,1-2H3. The summed E-state index contributed by atoms with van der Waals surface area (Å²) in [6, 6.07) is 12.8. The van der Waals surface area contributed by atoms with Gasteiger partial charge in [0, 0.05) is 6.54 Å². The van der Waals surface area contributed by atoms with Gasteiger partial charge in [-0.1, -0.05) is 44.2 Å². The summed E-state index contributed by atoms with van der Waals surface area (Å²) < 4.78 is 0. The smallest absolute Gasteiger partial charge is 0.107 e. The zero-order chi connectivity index (χ0) is 13.1. The largest absolute Gasteiger partial charge is 0.295 e. The van der Waals surface area contributed by atoms with E-state index in [1.807, 2.05) is 18.2 Å². The van der Waals surface area contributed by atoms with Gasteiger partial charge in [-0.25, -0.2) is 0 Å². The van der Waals surface area contributed by atoms with Gasteiger partial charge >= 0.3 is 0 Å². The second-order valence-corrected chi connectivity index (χ2v) is 6.20. The fourth-order valence-electron chi connectivity index (χ4n) is 2.55. The molecule has 0 aromatic heterocycles. The number of rotatable bonds is 3. The second kappa shape index (κ2) is 5.12. The number of nitrogens with one attached hydrogen (secondary N) is 1. The van der Waals surface area contributed by atoms with Crippen molar-refractivity contribution in [1.29, 1.82) is 5.26 Å². The Morgan fingerprint density at radius 1 is 1.11 bits per heavy atom. The fraction of sp³-hybridized carbons (Fsp3) is 0.562. The summed E-state index contributed by atoms with van der Waals surface area (Å²) in [5.41, 5.74) is 1.33. The van der Waals surface area contributed by atoms with Crippen molar-refractivity contribution < 1.29 is 0 Å². The molecule has 96 valence electrons. The SMILES string of the molecule is CC1(C)CCC(C#N)(NCc2ccccc2)CC1. The molecule has 1 fully saturated rings. The van der Waals surface area contributed by atoms with Gasteiger partial charge in [-0.3, -0.25) is 5.32 Å². The maximum atomic E-state index is 9.48. The highest BCUT2D eigenvalue weighted by molar-refractivity contribution is 5.17. The van der Waals surface area contributed by atoms with Gasteiger partial charge in [-0.15, -0.1) is 0 Å². The molecular formula is C16H22N2. The van der Waals surface area contributed by atoms with Gasteiger partial charge in [0.1, 0.15) is 5.54 Å². The second-order valence-electron chi connectivity index (χ2n) is 6.20. The van der Waals surface area contributed by atoms with Crippen LogP contribution >= 0.6 is 0 Å². The van der Waals surface area contributed by atoms with E-state index in [1.165, 1.54) is 5.56 Å². The third-order valence-corrected chi connectivity index (χ3v) is 4.14. The molecule has 0 unspecified atom stereocenters. The van der Waals surface area contributed by atoms with Crippen LogP contribution in [-0.4, -0.2) is 5.54 Å². The van der Waals surface area contributed by atoms with E-state index >= 15 is 0 Å². The maximum Gasteiger partial charge on any atom is 0.107 e. The molecular weight excluding hydrogens is 220 g/mol. The first kappa shape index (κ1) is 13.1. The Kier molecular flexibility index (Phi) is 3.73. The lowest BCUT2D eigenvalue weighted by molar-refractivity contribution is 0.169. The topological polar surface area (TPSA) is 35.8 Å². The first-order valence-corrected chi connectivity index (χ1v) is 6.76. The van der Waals surface area contributed by atoms with Crippen molar-refractivity contribution in [2.24, 2.45) is 5.41 Å². The van der Waals surface area contributed by atoms with E-state index in [4.69, 9.17) is 0 Å². The molecule has 0 atom stereocenters. The predicted octanol–water partition coefficient (Wildman–Crippen LogP) is 3.64. The summed E-state index contributed by atoms with van der Waals surface area (Å²) in [6.07, 6.45) is 4.18. The summed E-state index contributed by atoms with van der Waals surface area (Å²) in [4.78, 5) is 0. The lowest BCUT2D eigenvalue weighted by Crippen LogP contribution is -2.47. The summed E-state index contributed by atoms with van der Waals surface area (Å²) in [7, 11) is 0. The van der Waals surface area contributed by atoms with Crippen LogP contribution in [0.15, 0.2) is 30.3 Å². The average molecular weight is 242 g/mol. The van der Waals surface area contributed by atoms with Crippen LogP contribution in [0, 0.1) is 16.7 Å². The molecule has 0 amide bonds. The first-order chi connectivity index (χ1) is 8.55. The molecule has 2 nitrogen and oxygen atoms in total. The molecule has 1 aromatic rings. The third kappa shape index (κ3) is 3.11. The molecule has 1 aromatic carbocycles. The van der Waals surface area contributed by atoms with Crippen molar-refractivity contribution in [1.82, 2.24) is 5.32 Å². The van der Waals surface area contributed by atoms with Gasteiger partial charge in [-0.2, -0.15) is 5.26 Å². The van der Waals surface area contributed by atoms with E-state index in [0.717, 1.165) is 32.2 Å². The van der Waals surface area contributed by atoms with Crippen LogP contribution < -0.4 is 5.32 Å². The highest BCUT2D eigenvalue weighted by atomic mass is 15.0. The molecule has 1 aliphatic carbocycles. The molecule has 1 saturated carbocycles. The van der Waals surface area contributed by atoms with Gasteiger partial charge in [0.05, 0.1) is 6.07 Å². The zero-order valence-corrected chi connectivity index (χ0v) is 11.4. The van der Waals surface area contributed by atoms with E-state index < -0.39 is 0 Å². The van der Waals surface area contributed by atoms with Gasteiger partial charge in [0.15, 0.2) is 0 Å². The Morgan fingerprint density at radius 3 is 2.28 bits per heavy atom. The summed E-state index contributed by atoms with van der Waals surface area (Å²) in [6.45, 7) is 5.38. The van der Waals surface area contributed by atoms with E-state index in [-0.39, 0.29) is 5.54 Å². The van der Waals surface area contributed by atoms with E-state index in [1.54, 1.807) is 0 Å². The number of hydrogen-bond donors (Lipinski definition) is 1. The lowest BCUT2D eigenvalue weighted by Gasteiger charge is -2.40. The minimum atomic E-state index is -0.314. The molecule has 18 heavy (non-hydrogen) atoms. The normalized spacial score (nSPS) is 21.2. The Balaban J connectivity index is 1.96. The Labute approximate surface area is 110 Å². The Bertz CT molecular complexity index is 418. The van der Waals surface area contributed by atoms with Gasteiger partial charge in [0.25, 0.3) is 0 Å². The van der Waals surface area contributed by atoms with Crippen molar-refractivity contribution in [3.8, 4) is 6.07 Å². The first-order valence-electron chi connectivity index (χ1n) is 6.76.